The molecule has 0 aromatic carbocycles. The number of unbranched alkanes of at least 4 members (excludes halogenated alkanes) is 10. The highest BCUT2D eigenvalue weighted by molar-refractivity contribution is 8.26. The molecule has 9 heteroatoms. The van der Waals surface area contributed by atoms with E-state index in [2.05, 4.69) is 36.8 Å². The van der Waals surface area contributed by atoms with E-state index in [1.807, 2.05) is 13.0 Å². The molecule has 7 nitrogen and oxygen atoms in total. The van der Waals surface area contributed by atoms with Gasteiger partial charge in [0.1, 0.15) is 21.8 Å². The summed E-state index contributed by atoms with van der Waals surface area (Å²) in [7, 11) is 2.10. The van der Waals surface area contributed by atoms with Crippen molar-refractivity contribution in [1.29, 1.82) is 5.26 Å². The maximum Gasteiger partial charge on any atom is 0.270 e. The number of hydrogen-bond donors (Lipinski definition) is 0. The maximum atomic E-state index is 13.5. The number of nitriles is 1. The number of pyridine rings is 1. The van der Waals surface area contributed by atoms with Crippen molar-refractivity contribution in [2.45, 2.75) is 104 Å². The Morgan fingerprint density at radius 3 is 2.05 bits per heavy atom. The third-order valence-corrected chi connectivity index (χ3v) is 9.65. The predicted octanol–water partition coefficient (Wildman–Crippen LogP) is 6.70. The Balaban J connectivity index is 1.77. The second-order valence-electron chi connectivity index (χ2n) is 11.5. The Bertz CT molecular complexity index is 1180. The Morgan fingerprint density at radius 1 is 0.878 bits per heavy atom. The Kier molecular flexibility index (Phi) is 13.9. The number of rotatable bonds is 16. The van der Waals surface area contributed by atoms with Gasteiger partial charge in [0.2, 0.25) is 0 Å². The summed E-state index contributed by atoms with van der Waals surface area (Å²) >= 11 is 6.98. The minimum absolute atomic E-state index is 0.0653. The lowest BCUT2D eigenvalue weighted by Gasteiger charge is -2.36. The zero-order chi connectivity index (χ0) is 29.8. The number of thiocarbonyl (C=S) groups is 1. The minimum Gasteiger partial charge on any atom is -0.355 e. The van der Waals surface area contributed by atoms with E-state index in [1.54, 1.807) is 9.47 Å². The molecule has 0 saturated carbocycles. The fourth-order valence-electron chi connectivity index (χ4n) is 5.61. The van der Waals surface area contributed by atoms with Gasteiger partial charge in [-0.1, -0.05) is 102 Å². The molecular weight excluding hydrogens is 551 g/mol. The molecule has 0 spiro atoms. The fraction of sp³-hybridized carbons (Fsp3) is 0.688. The number of piperazine rings is 1. The van der Waals surface area contributed by atoms with Gasteiger partial charge in [-0.15, -0.1) is 0 Å². The molecule has 226 valence electrons. The van der Waals surface area contributed by atoms with E-state index in [4.69, 9.17) is 12.2 Å². The van der Waals surface area contributed by atoms with Crippen molar-refractivity contribution >= 4 is 46.1 Å². The Morgan fingerprint density at radius 2 is 1.46 bits per heavy atom. The standard InChI is InChI=1S/C32H49N5O2S2/c1-5-7-9-10-11-12-13-14-15-16-18-37-31(39)28(41-32(37)40)23-26-25(3)27(24-33)30(38)36(17-8-6-2)29(26)35-21-19-34(4)20-22-35/h23H,5-22H2,1-4H3/b28-23+. The molecule has 0 N–H and O–H groups in total. The third kappa shape index (κ3) is 8.92. The molecule has 2 fully saturated rings. The summed E-state index contributed by atoms with van der Waals surface area (Å²) in [6.07, 6.45) is 16.1. The van der Waals surface area contributed by atoms with Gasteiger partial charge in [0.05, 0.1) is 4.91 Å². The van der Waals surface area contributed by atoms with Crippen molar-refractivity contribution in [3.05, 3.63) is 31.9 Å². The SMILES string of the molecule is CCCCCCCCCCCCN1C(=O)/C(=C\c2c(C)c(C#N)c(=O)n(CCCC)c2N2CCN(C)CC2)SC1=S. The molecule has 2 saturated heterocycles. The molecule has 1 amide bonds. The van der Waals surface area contributed by atoms with Crippen molar-refractivity contribution in [3.8, 4) is 6.07 Å². The molecule has 2 aliphatic heterocycles. The van der Waals surface area contributed by atoms with E-state index >= 15 is 0 Å². The first-order valence-corrected chi connectivity index (χ1v) is 16.9. The Labute approximate surface area is 256 Å². The number of aromatic nitrogens is 1. The summed E-state index contributed by atoms with van der Waals surface area (Å²) in [5, 5.41) is 9.92. The topological polar surface area (TPSA) is 72.6 Å². The first kappa shape index (κ1) is 33.4. The van der Waals surface area contributed by atoms with Crippen LogP contribution in [0.3, 0.4) is 0 Å². The van der Waals surface area contributed by atoms with Gasteiger partial charge in [-0.2, -0.15) is 5.26 Å². The quantitative estimate of drug-likeness (QED) is 0.119. The van der Waals surface area contributed by atoms with Crippen molar-refractivity contribution in [3.63, 3.8) is 0 Å². The molecule has 0 atom stereocenters. The zero-order valence-electron chi connectivity index (χ0n) is 25.7. The van der Waals surface area contributed by atoms with Crippen LogP contribution in [0.2, 0.25) is 0 Å². The second kappa shape index (κ2) is 17.1. The lowest BCUT2D eigenvalue weighted by molar-refractivity contribution is -0.122. The average molecular weight is 600 g/mol. The minimum atomic E-state index is -0.238. The van der Waals surface area contributed by atoms with E-state index in [9.17, 15) is 14.9 Å². The van der Waals surface area contributed by atoms with Gasteiger partial charge in [-0.3, -0.25) is 19.1 Å². The monoisotopic (exact) mass is 599 g/mol. The summed E-state index contributed by atoms with van der Waals surface area (Å²) in [5.41, 5.74) is 1.35. The van der Waals surface area contributed by atoms with E-state index in [0.717, 1.165) is 63.2 Å². The van der Waals surface area contributed by atoms with Gasteiger partial charge in [0.25, 0.3) is 11.5 Å². The second-order valence-corrected chi connectivity index (χ2v) is 13.1. The first-order chi connectivity index (χ1) is 19.8. The van der Waals surface area contributed by atoms with Crippen LogP contribution in [0.25, 0.3) is 6.08 Å². The van der Waals surface area contributed by atoms with Crippen LogP contribution in [0.1, 0.15) is 108 Å². The smallest absolute Gasteiger partial charge is 0.270 e. The number of hydrogen-bond acceptors (Lipinski definition) is 7. The van der Waals surface area contributed by atoms with Crippen LogP contribution in [0, 0.1) is 18.3 Å². The van der Waals surface area contributed by atoms with Crippen LogP contribution < -0.4 is 10.5 Å². The summed E-state index contributed by atoms with van der Waals surface area (Å²) in [6, 6.07) is 2.16. The van der Waals surface area contributed by atoms with Crippen LogP contribution in [0.5, 0.6) is 0 Å². The number of thioether (sulfide) groups is 1. The van der Waals surface area contributed by atoms with Crippen molar-refractivity contribution in [2.24, 2.45) is 0 Å². The number of nitrogens with zero attached hydrogens (tertiary/aromatic N) is 5. The number of anilines is 1. The molecule has 1 aromatic rings. The molecule has 0 unspecified atom stereocenters. The molecule has 3 heterocycles. The van der Waals surface area contributed by atoms with E-state index in [0.29, 0.717) is 27.9 Å². The molecule has 0 bridgehead atoms. The van der Waals surface area contributed by atoms with Crippen molar-refractivity contribution < 1.29 is 4.79 Å². The average Bonchev–Trinajstić information content (AvgIpc) is 3.23. The summed E-state index contributed by atoms with van der Waals surface area (Å²) in [5.74, 6) is 0.762. The number of carbonyl (C=O) groups excluding carboxylic acids is 1. The van der Waals surface area contributed by atoms with Gasteiger partial charge in [-0.05, 0) is 38.5 Å². The highest BCUT2D eigenvalue weighted by atomic mass is 32.2. The Hall–Kier alpha value is -2.15. The normalized spacial score (nSPS) is 17.2. The summed E-state index contributed by atoms with van der Waals surface area (Å²) in [4.78, 5) is 33.8. The van der Waals surface area contributed by atoms with E-state index < -0.39 is 0 Å². The predicted molar refractivity (Wildman–Crippen MR) is 176 cm³/mol. The van der Waals surface area contributed by atoms with E-state index in [-0.39, 0.29) is 17.0 Å². The van der Waals surface area contributed by atoms with Gasteiger partial charge in [0, 0.05) is 44.8 Å². The van der Waals surface area contributed by atoms with Crippen LogP contribution >= 0.6 is 24.0 Å². The molecule has 41 heavy (non-hydrogen) atoms. The molecule has 2 aliphatic rings. The van der Waals surface area contributed by atoms with Crippen LogP contribution in [0.15, 0.2) is 9.70 Å². The van der Waals surface area contributed by atoms with Crippen LogP contribution in [-0.4, -0.2) is 64.4 Å². The molecular formula is C32H49N5O2S2. The summed E-state index contributed by atoms with van der Waals surface area (Å²) < 4.78 is 2.37. The molecule has 0 radical (unpaired) electrons. The maximum absolute atomic E-state index is 13.5. The summed E-state index contributed by atoms with van der Waals surface area (Å²) in [6.45, 7) is 10.7. The van der Waals surface area contributed by atoms with Gasteiger partial charge in [0.15, 0.2) is 0 Å². The lowest BCUT2D eigenvalue weighted by Crippen LogP contribution is -2.47. The number of amides is 1. The fourth-order valence-corrected chi connectivity index (χ4v) is 6.90. The van der Waals surface area contributed by atoms with Gasteiger partial charge < -0.3 is 9.80 Å². The molecule has 0 aliphatic carbocycles. The van der Waals surface area contributed by atoms with Gasteiger partial charge in [-0.25, -0.2) is 0 Å². The number of carbonyl (C=O) groups is 1. The number of likely N-dealkylation sites (N-methyl/N-ethyl adjacent to an activating group) is 1. The lowest BCUT2D eigenvalue weighted by atomic mass is 10.0. The van der Waals surface area contributed by atoms with Crippen molar-refractivity contribution in [2.75, 3.05) is 44.7 Å². The van der Waals surface area contributed by atoms with Crippen LogP contribution in [-0.2, 0) is 11.3 Å². The van der Waals surface area contributed by atoms with Crippen LogP contribution in [0.4, 0.5) is 5.82 Å². The van der Waals surface area contributed by atoms with E-state index in [1.165, 1.54) is 63.1 Å². The largest absolute Gasteiger partial charge is 0.355 e. The zero-order valence-corrected chi connectivity index (χ0v) is 27.3. The molecule has 3 rings (SSSR count). The molecule has 1 aromatic heterocycles. The highest BCUT2D eigenvalue weighted by Gasteiger charge is 2.33. The van der Waals surface area contributed by atoms with Gasteiger partial charge >= 0.3 is 0 Å². The van der Waals surface area contributed by atoms with Crippen molar-refractivity contribution in [1.82, 2.24) is 14.4 Å². The first-order valence-electron chi connectivity index (χ1n) is 15.7. The third-order valence-electron chi connectivity index (χ3n) is 8.27. The highest BCUT2D eigenvalue weighted by Crippen LogP contribution is 2.36.